The highest BCUT2D eigenvalue weighted by atomic mass is 16.5. The van der Waals surface area contributed by atoms with Crippen LogP contribution in [0.1, 0.15) is 37.3 Å². The van der Waals surface area contributed by atoms with Crippen LogP contribution in [0.3, 0.4) is 0 Å². The van der Waals surface area contributed by atoms with Crippen molar-refractivity contribution in [3.8, 4) is 5.75 Å². The number of carbonyl (C=O) groups is 1. The average molecular weight is 310 g/mol. The Hall–Kier alpha value is -2.36. The number of hydrogen-bond donors (Lipinski definition) is 1. The fraction of sp³-hybridized carbons (Fsp3) is 0.368. The summed E-state index contributed by atoms with van der Waals surface area (Å²) < 4.78 is 5.93. The zero-order valence-electron chi connectivity index (χ0n) is 13.4. The molecular formula is C19H22N2O2. The summed E-state index contributed by atoms with van der Waals surface area (Å²) in [6.45, 7) is 1.95. The number of aryl methyl sites for hydroxylation is 2. The molecule has 1 aliphatic carbocycles. The largest absolute Gasteiger partial charge is 0.481 e. The third-order valence-corrected chi connectivity index (χ3v) is 4.19. The number of anilines is 1. The number of aromatic nitrogens is 1. The maximum Gasteiger partial charge on any atom is 0.265 e. The first-order valence-electron chi connectivity index (χ1n) is 8.25. The Morgan fingerprint density at radius 2 is 2.09 bits per heavy atom. The standard InChI is InChI=1S/C19H22N2O2/c1-2-18(19(22)21-16-8-5-11-20-13-16)23-17-10-9-14-6-3-4-7-15(14)12-17/h5,8-13,18H,2-4,6-7H2,1H3,(H,21,22). The molecule has 1 N–H and O–H groups in total. The lowest BCUT2D eigenvalue weighted by molar-refractivity contribution is -0.122. The minimum Gasteiger partial charge on any atom is -0.481 e. The summed E-state index contributed by atoms with van der Waals surface area (Å²) in [7, 11) is 0. The maximum atomic E-state index is 12.4. The van der Waals surface area contributed by atoms with Gasteiger partial charge >= 0.3 is 0 Å². The van der Waals surface area contributed by atoms with E-state index in [2.05, 4.69) is 22.4 Å². The first kappa shape index (κ1) is 15.5. The Bertz CT molecular complexity index is 670. The molecule has 0 spiro atoms. The van der Waals surface area contributed by atoms with Crippen molar-refractivity contribution in [1.82, 2.24) is 4.98 Å². The zero-order valence-corrected chi connectivity index (χ0v) is 13.4. The lowest BCUT2D eigenvalue weighted by Crippen LogP contribution is -2.32. The number of hydrogen-bond acceptors (Lipinski definition) is 3. The van der Waals surface area contributed by atoms with Gasteiger partial charge in [-0.2, -0.15) is 0 Å². The van der Waals surface area contributed by atoms with Gasteiger partial charge in [-0.15, -0.1) is 0 Å². The molecule has 0 radical (unpaired) electrons. The van der Waals surface area contributed by atoms with Crippen molar-refractivity contribution in [3.63, 3.8) is 0 Å². The van der Waals surface area contributed by atoms with Crippen molar-refractivity contribution >= 4 is 11.6 Å². The number of nitrogens with zero attached hydrogens (tertiary/aromatic N) is 1. The number of benzene rings is 1. The van der Waals surface area contributed by atoms with Crippen LogP contribution in [0.4, 0.5) is 5.69 Å². The lowest BCUT2D eigenvalue weighted by atomic mass is 9.92. The molecule has 0 bridgehead atoms. The predicted molar refractivity (Wildman–Crippen MR) is 90.7 cm³/mol. The average Bonchev–Trinajstić information content (AvgIpc) is 2.60. The van der Waals surface area contributed by atoms with Crippen molar-refractivity contribution < 1.29 is 9.53 Å². The predicted octanol–water partition coefficient (Wildman–Crippen LogP) is 3.76. The third-order valence-electron chi connectivity index (χ3n) is 4.19. The summed E-state index contributed by atoms with van der Waals surface area (Å²) in [6, 6.07) is 9.81. The molecule has 1 atom stereocenters. The Kier molecular flexibility index (Phi) is 4.91. The van der Waals surface area contributed by atoms with Crippen LogP contribution >= 0.6 is 0 Å². The molecule has 0 saturated carbocycles. The summed E-state index contributed by atoms with van der Waals surface area (Å²) in [6.07, 6.45) is 8.16. The van der Waals surface area contributed by atoms with Gasteiger partial charge < -0.3 is 10.1 Å². The van der Waals surface area contributed by atoms with Gasteiger partial charge in [0.2, 0.25) is 0 Å². The van der Waals surface area contributed by atoms with E-state index in [-0.39, 0.29) is 5.91 Å². The molecule has 1 heterocycles. The first-order valence-corrected chi connectivity index (χ1v) is 8.25. The van der Waals surface area contributed by atoms with Crippen LogP contribution in [0.25, 0.3) is 0 Å². The fourth-order valence-electron chi connectivity index (χ4n) is 2.93. The Morgan fingerprint density at radius 1 is 1.26 bits per heavy atom. The van der Waals surface area contributed by atoms with E-state index in [0.29, 0.717) is 12.1 Å². The Morgan fingerprint density at radius 3 is 2.83 bits per heavy atom. The number of carbonyl (C=O) groups excluding carboxylic acids is 1. The van der Waals surface area contributed by atoms with Gasteiger partial charge in [0.15, 0.2) is 6.10 Å². The molecule has 0 fully saturated rings. The smallest absolute Gasteiger partial charge is 0.265 e. The summed E-state index contributed by atoms with van der Waals surface area (Å²) >= 11 is 0. The van der Waals surface area contributed by atoms with Crippen LogP contribution in [0.2, 0.25) is 0 Å². The lowest BCUT2D eigenvalue weighted by Gasteiger charge is -2.20. The van der Waals surface area contributed by atoms with Crippen LogP contribution in [0.5, 0.6) is 5.75 Å². The molecule has 3 rings (SSSR count). The molecule has 1 unspecified atom stereocenters. The summed E-state index contributed by atoms with van der Waals surface area (Å²) in [4.78, 5) is 16.4. The molecule has 1 aliphatic rings. The van der Waals surface area contributed by atoms with Gasteiger partial charge in [0.1, 0.15) is 5.75 Å². The molecule has 120 valence electrons. The van der Waals surface area contributed by atoms with E-state index in [1.54, 1.807) is 18.5 Å². The van der Waals surface area contributed by atoms with Crippen molar-refractivity contribution in [2.24, 2.45) is 0 Å². The number of fused-ring (bicyclic) bond motifs is 1. The highest BCUT2D eigenvalue weighted by molar-refractivity contribution is 5.94. The van der Waals surface area contributed by atoms with E-state index in [9.17, 15) is 4.79 Å². The first-order chi connectivity index (χ1) is 11.3. The molecule has 1 aromatic heterocycles. The summed E-state index contributed by atoms with van der Waals surface area (Å²) in [5.74, 6) is 0.636. The molecule has 2 aromatic rings. The molecule has 0 saturated heterocycles. The van der Waals surface area contributed by atoms with E-state index < -0.39 is 6.10 Å². The number of amides is 1. The van der Waals surface area contributed by atoms with Crippen LogP contribution in [-0.4, -0.2) is 17.0 Å². The van der Waals surface area contributed by atoms with Gasteiger partial charge in [0.05, 0.1) is 11.9 Å². The van der Waals surface area contributed by atoms with Crippen molar-refractivity contribution in [3.05, 3.63) is 53.9 Å². The zero-order chi connectivity index (χ0) is 16.1. The topological polar surface area (TPSA) is 51.2 Å². The molecule has 1 aromatic carbocycles. The number of rotatable bonds is 5. The van der Waals surface area contributed by atoms with Crippen molar-refractivity contribution in [1.29, 1.82) is 0 Å². The fourth-order valence-corrected chi connectivity index (χ4v) is 2.93. The van der Waals surface area contributed by atoms with E-state index in [1.807, 2.05) is 19.1 Å². The van der Waals surface area contributed by atoms with Crippen LogP contribution in [0, 0.1) is 0 Å². The normalized spacial score (nSPS) is 14.7. The molecule has 4 nitrogen and oxygen atoms in total. The molecular weight excluding hydrogens is 288 g/mol. The van der Waals surface area contributed by atoms with Crippen molar-refractivity contribution in [2.75, 3.05) is 5.32 Å². The van der Waals surface area contributed by atoms with Crippen LogP contribution in [0.15, 0.2) is 42.7 Å². The second kappa shape index (κ2) is 7.27. The van der Waals surface area contributed by atoms with E-state index in [4.69, 9.17) is 4.74 Å². The second-order valence-electron chi connectivity index (χ2n) is 5.88. The van der Waals surface area contributed by atoms with E-state index in [1.165, 1.54) is 24.0 Å². The second-order valence-corrected chi connectivity index (χ2v) is 5.88. The number of nitrogens with one attached hydrogen (secondary N) is 1. The number of ether oxygens (including phenoxy) is 1. The van der Waals surface area contributed by atoms with Crippen LogP contribution < -0.4 is 10.1 Å². The third kappa shape index (κ3) is 3.89. The van der Waals surface area contributed by atoms with Gasteiger partial charge in [0.25, 0.3) is 5.91 Å². The van der Waals surface area contributed by atoms with Gasteiger partial charge in [-0.1, -0.05) is 13.0 Å². The van der Waals surface area contributed by atoms with Crippen molar-refractivity contribution in [2.45, 2.75) is 45.1 Å². The van der Waals surface area contributed by atoms with Gasteiger partial charge in [-0.25, -0.2) is 0 Å². The van der Waals surface area contributed by atoms with Gasteiger partial charge in [-0.05, 0) is 67.5 Å². The summed E-state index contributed by atoms with van der Waals surface area (Å²) in [5, 5.41) is 2.85. The van der Waals surface area contributed by atoms with Gasteiger partial charge in [0, 0.05) is 6.20 Å². The molecule has 4 heteroatoms. The summed E-state index contributed by atoms with van der Waals surface area (Å²) in [5.41, 5.74) is 3.46. The SMILES string of the molecule is CCC(Oc1ccc2c(c1)CCCC2)C(=O)Nc1cccnc1. The highest BCUT2D eigenvalue weighted by Crippen LogP contribution is 2.26. The maximum absolute atomic E-state index is 12.4. The molecule has 1 amide bonds. The molecule has 23 heavy (non-hydrogen) atoms. The number of pyridine rings is 1. The minimum absolute atomic E-state index is 0.141. The quantitative estimate of drug-likeness (QED) is 0.915. The monoisotopic (exact) mass is 310 g/mol. The van der Waals surface area contributed by atoms with Crippen LogP contribution in [-0.2, 0) is 17.6 Å². The molecule has 0 aliphatic heterocycles. The van der Waals surface area contributed by atoms with E-state index in [0.717, 1.165) is 18.6 Å². The minimum atomic E-state index is -0.503. The highest BCUT2D eigenvalue weighted by Gasteiger charge is 2.19. The Balaban J connectivity index is 1.68. The Labute approximate surface area is 136 Å². The van der Waals surface area contributed by atoms with E-state index >= 15 is 0 Å². The van der Waals surface area contributed by atoms with Gasteiger partial charge in [-0.3, -0.25) is 9.78 Å².